The molecular weight excluding hydrogens is 265 g/mol. The van der Waals surface area contributed by atoms with Gasteiger partial charge in [-0.15, -0.1) is 0 Å². The van der Waals surface area contributed by atoms with Gasteiger partial charge in [-0.25, -0.2) is 0 Å². The Hall–Kier alpha value is -0.600. The predicted molar refractivity (Wildman–Crippen MR) is 54.5 cm³/mol. The Balaban J connectivity index is 3.34. The van der Waals surface area contributed by atoms with Crippen LogP contribution in [-0.4, -0.2) is 5.11 Å². The van der Waals surface area contributed by atoms with Gasteiger partial charge in [0.05, 0.1) is 18.2 Å². The summed E-state index contributed by atoms with van der Waals surface area (Å²) >= 11 is 2.13. The Morgan fingerprint density at radius 3 is 2.75 bits per heavy atom. The Kier molecular flexibility index (Phi) is 3.06. The standard InChI is InChI=1S/C9H8INO/c1-6-7(4-11)2-9(10)3-8(6)5-12/h2-3,12H,5H2,1H3. The average Bonchev–Trinajstić information content (AvgIpc) is 2.08. The first-order chi connectivity index (χ1) is 5.69. The van der Waals surface area contributed by atoms with E-state index >= 15 is 0 Å². The van der Waals surface area contributed by atoms with Crippen molar-refractivity contribution in [2.24, 2.45) is 0 Å². The van der Waals surface area contributed by atoms with Crippen LogP contribution in [-0.2, 0) is 6.61 Å². The molecule has 0 atom stereocenters. The largest absolute Gasteiger partial charge is 0.392 e. The number of aliphatic hydroxyl groups excluding tert-OH is 1. The van der Waals surface area contributed by atoms with Gasteiger partial charge in [-0.05, 0) is 52.8 Å². The van der Waals surface area contributed by atoms with Gasteiger partial charge in [0, 0.05) is 3.57 Å². The van der Waals surface area contributed by atoms with Crippen LogP contribution in [0.1, 0.15) is 16.7 Å². The fraction of sp³-hybridized carbons (Fsp3) is 0.222. The van der Waals surface area contributed by atoms with E-state index in [1.165, 1.54) is 0 Å². The maximum absolute atomic E-state index is 8.95. The highest BCUT2D eigenvalue weighted by atomic mass is 127. The van der Waals surface area contributed by atoms with Gasteiger partial charge in [0.15, 0.2) is 0 Å². The summed E-state index contributed by atoms with van der Waals surface area (Å²) in [4.78, 5) is 0. The molecular formula is C9H8INO. The molecule has 0 unspecified atom stereocenters. The van der Waals surface area contributed by atoms with Crippen LogP contribution in [0.2, 0.25) is 0 Å². The van der Waals surface area contributed by atoms with Crippen molar-refractivity contribution >= 4 is 22.6 Å². The van der Waals surface area contributed by atoms with Crippen LogP contribution in [0.5, 0.6) is 0 Å². The number of aliphatic hydroxyl groups is 1. The van der Waals surface area contributed by atoms with Crippen LogP contribution in [0.4, 0.5) is 0 Å². The number of benzene rings is 1. The zero-order valence-corrected chi connectivity index (χ0v) is 8.79. The maximum Gasteiger partial charge on any atom is 0.0994 e. The van der Waals surface area contributed by atoms with E-state index in [0.717, 1.165) is 14.7 Å². The van der Waals surface area contributed by atoms with Crippen LogP contribution in [0.15, 0.2) is 12.1 Å². The minimum Gasteiger partial charge on any atom is -0.392 e. The number of rotatable bonds is 1. The molecule has 0 saturated heterocycles. The summed E-state index contributed by atoms with van der Waals surface area (Å²) in [7, 11) is 0. The van der Waals surface area contributed by atoms with E-state index in [0.29, 0.717) is 5.56 Å². The maximum atomic E-state index is 8.95. The predicted octanol–water partition coefficient (Wildman–Crippen LogP) is 1.96. The van der Waals surface area contributed by atoms with Crippen molar-refractivity contribution in [3.8, 4) is 6.07 Å². The highest BCUT2D eigenvalue weighted by molar-refractivity contribution is 14.1. The summed E-state index contributed by atoms with van der Waals surface area (Å²) in [5.41, 5.74) is 2.35. The molecule has 0 radical (unpaired) electrons. The van der Waals surface area contributed by atoms with Crippen LogP contribution in [0.3, 0.4) is 0 Å². The number of hydrogen-bond donors (Lipinski definition) is 1. The lowest BCUT2D eigenvalue weighted by molar-refractivity contribution is 0.281. The molecule has 0 spiro atoms. The lowest BCUT2D eigenvalue weighted by atomic mass is 10.0. The number of hydrogen-bond acceptors (Lipinski definition) is 2. The van der Waals surface area contributed by atoms with E-state index in [1.807, 2.05) is 19.1 Å². The highest BCUT2D eigenvalue weighted by Crippen LogP contribution is 2.17. The summed E-state index contributed by atoms with van der Waals surface area (Å²) < 4.78 is 0.985. The van der Waals surface area contributed by atoms with Gasteiger partial charge in [0.1, 0.15) is 0 Å². The molecule has 0 aliphatic rings. The van der Waals surface area contributed by atoms with Crippen molar-refractivity contribution < 1.29 is 5.11 Å². The Morgan fingerprint density at radius 2 is 2.25 bits per heavy atom. The Labute approximate surface area is 85.0 Å². The second-order valence-corrected chi connectivity index (χ2v) is 3.75. The third-order valence-corrected chi connectivity index (χ3v) is 2.39. The third kappa shape index (κ3) is 1.76. The van der Waals surface area contributed by atoms with E-state index in [-0.39, 0.29) is 6.61 Å². The van der Waals surface area contributed by atoms with E-state index < -0.39 is 0 Å². The molecule has 12 heavy (non-hydrogen) atoms. The zero-order valence-electron chi connectivity index (χ0n) is 6.63. The summed E-state index contributed by atoms with van der Waals surface area (Å²) in [5.74, 6) is 0. The molecule has 1 rings (SSSR count). The molecule has 0 bridgehead atoms. The van der Waals surface area contributed by atoms with Crippen molar-refractivity contribution in [3.05, 3.63) is 32.4 Å². The molecule has 0 aromatic heterocycles. The van der Waals surface area contributed by atoms with Crippen molar-refractivity contribution in [2.45, 2.75) is 13.5 Å². The van der Waals surface area contributed by atoms with E-state index in [2.05, 4.69) is 28.7 Å². The van der Waals surface area contributed by atoms with Crippen LogP contribution < -0.4 is 0 Å². The summed E-state index contributed by atoms with van der Waals surface area (Å²) in [6, 6.07) is 5.80. The molecule has 1 N–H and O–H groups in total. The van der Waals surface area contributed by atoms with E-state index in [9.17, 15) is 0 Å². The normalized spacial score (nSPS) is 9.50. The fourth-order valence-corrected chi connectivity index (χ4v) is 1.70. The van der Waals surface area contributed by atoms with Crippen LogP contribution >= 0.6 is 22.6 Å². The van der Waals surface area contributed by atoms with Gasteiger partial charge in [-0.2, -0.15) is 5.26 Å². The average molecular weight is 273 g/mol. The Morgan fingerprint density at radius 1 is 1.58 bits per heavy atom. The first kappa shape index (κ1) is 9.49. The molecule has 3 heteroatoms. The van der Waals surface area contributed by atoms with Crippen molar-refractivity contribution in [1.82, 2.24) is 0 Å². The van der Waals surface area contributed by atoms with Crippen LogP contribution in [0.25, 0.3) is 0 Å². The van der Waals surface area contributed by atoms with E-state index in [1.54, 1.807) is 0 Å². The molecule has 0 saturated carbocycles. The number of nitriles is 1. The fourth-order valence-electron chi connectivity index (χ4n) is 1.02. The Bertz CT molecular complexity index is 341. The second kappa shape index (κ2) is 3.87. The lowest BCUT2D eigenvalue weighted by Crippen LogP contribution is -1.93. The minimum atomic E-state index is -0.00262. The van der Waals surface area contributed by atoms with Crippen molar-refractivity contribution in [2.75, 3.05) is 0 Å². The van der Waals surface area contributed by atoms with Crippen LogP contribution in [0, 0.1) is 21.8 Å². The van der Waals surface area contributed by atoms with Gasteiger partial charge in [0.25, 0.3) is 0 Å². The molecule has 0 fully saturated rings. The molecule has 0 amide bonds. The zero-order chi connectivity index (χ0) is 9.14. The molecule has 1 aromatic carbocycles. The van der Waals surface area contributed by atoms with Gasteiger partial charge < -0.3 is 5.11 Å². The molecule has 0 aliphatic heterocycles. The lowest BCUT2D eigenvalue weighted by Gasteiger charge is -2.04. The molecule has 1 aromatic rings. The smallest absolute Gasteiger partial charge is 0.0994 e. The summed E-state index contributed by atoms with van der Waals surface area (Å²) in [6.07, 6.45) is 0. The topological polar surface area (TPSA) is 44.0 Å². The molecule has 62 valence electrons. The highest BCUT2D eigenvalue weighted by Gasteiger charge is 2.04. The first-order valence-corrected chi connectivity index (χ1v) is 4.57. The third-order valence-electron chi connectivity index (χ3n) is 1.77. The second-order valence-electron chi connectivity index (χ2n) is 2.51. The van der Waals surface area contributed by atoms with E-state index in [4.69, 9.17) is 10.4 Å². The van der Waals surface area contributed by atoms with Crippen molar-refractivity contribution in [1.29, 1.82) is 5.26 Å². The quantitative estimate of drug-likeness (QED) is 0.795. The summed E-state index contributed by atoms with van der Waals surface area (Å²) in [5, 5.41) is 17.7. The number of nitrogens with zero attached hydrogens (tertiary/aromatic N) is 1. The summed E-state index contributed by atoms with van der Waals surface area (Å²) in [6.45, 7) is 1.84. The monoisotopic (exact) mass is 273 g/mol. The molecule has 2 nitrogen and oxygen atoms in total. The van der Waals surface area contributed by atoms with Gasteiger partial charge >= 0.3 is 0 Å². The molecule has 0 heterocycles. The van der Waals surface area contributed by atoms with Gasteiger partial charge in [-0.1, -0.05) is 0 Å². The SMILES string of the molecule is Cc1c(C#N)cc(I)cc1CO. The first-order valence-electron chi connectivity index (χ1n) is 3.49. The number of halogens is 1. The van der Waals surface area contributed by atoms with Crippen molar-refractivity contribution in [3.63, 3.8) is 0 Å². The minimum absolute atomic E-state index is 0.00262. The van der Waals surface area contributed by atoms with Gasteiger partial charge in [-0.3, -0.25) is 0 Å². The molecule has 0 aliphatic carbocycles. The van der Waals surface area contributed by atoms with Gasteiger partial charge in [0.2, 0.25) is 0 Å².